The monoisotopic (exact) mass is 265 g/mol. The van der Waals surface area contributed by atoms with E-state index in [1.807, 2.05) is 20.8 Å². The molecule has 0 bridgehead atoms. The Bertz CT molecular complexity index is 547. The van der Waals surface area contributed by atoms with Gasteiger partial charge in [-0.25, -0.2) is 9.97 Å². The molecule has 2 rings (SSSR count). The van der Waals surface area contributed by atoms with E-state index >= 15 is 0 Å². The van der Waals surface area contributed by atoms with Crippen LogP contribution in [0.1, 0.15) is 42.5 Å². The van der Waals surface area contributed by atoms with Crippen molar-refractivity contribution in [1.82, 2.24) is 15.1 Å². The van der Waals surface area contributed by atoms with Crippen LogP contribution in [0.25, 0.3) is 11.4 Å². The summed E-state index contributed by atoms with van der Waals surface area (Å²) in [5.41, 5.74) is 3.50. The fraction of sp³-hybridized carbons (Fsp3) is 0.462. The van der Waals surface area contributed by atoms with Crippen LogP contribution in [0.5, 0.6) is 0 Å². The highest BCUT2D eigenvalue weighted by Crippen LogP contribution is 2.30. The number of nitrogens with zero attached hydrogens (tertiary/aromatic N) is 3. The quantitative estimate of drug-likeness (QED) is 0.775. The van der Waals surface area contributed by atoms with E-state index < -0.39 is 0 Å². The predicted molar refractivity (Wildman–Crippen MR) is 70.8 cm³/mol. The molecule has 2 aromatic rings. The van der Waals surface area contributed by atoms with Crippen molar-refractivity contribution in [1.29, 1.82) is 0 Å². The molecule has 0 spiro atoms. The van der Waals surface area contributed by atoms with Crippen molar-refractivity contribution >= 4 is 11.6 Å². The molecule has 0 fully saturated rings. The second-order valence-electron chi connectivity index (χ2n) is 4.69. The second kappa shape index (κ2) is 4.69. The van der Waals surface area contributed by atoms with Gasteiger partial charge in [0.05, 0.1) is 11.3 Å². The molecular weight excluding hydrogens is 250 g/mol. The molecule has 2 aromatic heterocycles. The van der Waals surface area contributed by atoms with Crippen LogP contribution in [-0.2, 0) is 0 Å². The first kappa shape index (κ1) is 13.0. The van der Waals surface area contributed by atoms with Gasteiger partial charge in [-0.3, -0.25) is 0 Å². The van der Waals surface area contributed by atoms with Gasteiger partial charge >= 0.3 is 0 Å². The van der Waals surface area contributed by atoms with Crippen LogP contribution >= 0.6 is 11.6 Å². The summed E-state index contributed by atoms with van der Waals surface area (Å²) in [4.78, 5) is 8.90. The minimum absolute atomic E-state index is 0.302. The molecule has 0 aliphatic heterocycles. The Labute approximate surface area is 111 Å². The van der Waals surface area contributed by atoms with E-state index in [9.17, 15) is 0 Å². The van der Waals surface area contributed by atoms with Crippen molar-refractivity contribution in [2.24, 2.45) is 0 Å². The van der Waals surface area contributed by atoms with Gasteiger partial charge < -0.3 is 4.52 Å². The molecule has 0 N–H and O–H groups in total. The van der Waals surface area contributed by atoms with E-state index in [1.165, 1.54) is 0 Å². The van der Waals surface area contributed by atoms with Crippen LogP contribution < -0.4 is 0 Å². The third-order valence-electron chi connectivity index (χ3n) is 2.92. The van der Waals surface area contributed by atoms with E-state index in [2.05, 4.69) is 29.0 Å². The molecule has 0 aliphatic rings. The molecule has 0 aromatic carbocycles. The minimum atomic E-state index is 0.302. The highest BCUT2D eigenvalue weighted by atomic mass is 35.5. The third kappa shape index (κ3) is 2.12. The number of hydrogen-bond donors (Lipinski definition) is 0. The lowest BCUT2D eigenvalue weighted by Crippen LogP contribution is -2.02. The Morgan fingerprint density at radius 2 is 1.72 bits per heavy atom. The Kier molecular flexibility index (Phi) is 3.39. The van der Waals surface area contributed by atoms with Crippen molar-refractivity contribution in [3.63, 3.8) is 0 Å². The summed E-state index contributed by atoms with van der Waals surface area (Å²) in [5.74, 6) is 1.59. The zero-order valence-corrected chi connectivity index (χ0v) is 12.0. The summed E-state index contributed by atoms with van der Waals surface area (Å²) in [6.45, 7) is 9.82. The van der Waals surface area contributed by atoms with E-state index in [0.717, 1.165) is 22.5 Å². The molecule has 18 heavy (non-hydrogen) atoms. The Balaban J connectivity index is 2.62. The lowest BCUT2D eigenvalue weighted by Gasteiger charge is -2.12. The lowest BCUT2D eigenvalue weighted by molar-refractivity contribution is 0.393. The highest BCUT2D eigenvalue weighted by Gasteiger charge is 2.18. The zero-order valence-electron chi connectivity index (χ0n) is 11.2. The summed E-state index contributed by atoms with van der Waals surface area (Å²) in [5, 5.41) is 4.42. The van der Waals surface area contributed by atoms with Gasteiger partial charge in [-0.2, -0.15) is 0 Å². The van der Waals surface area contributed by atoms with Gasteiger partial charge in [0.2, 0.25) is 0 Å². The number of hydrogen-bond acceptors (Lipinski definition) is 4. The molecular formula is C13H16ClN3O. The standard InChI is InChI=1S/C13H16ClN3O/c1-6(2)10-7(3)15-13(16-12(10)14)11-8(4)17-18-9(11)5/h6H,1-5H3. The SMILES string of the molecule is Cc1noc(C)c1-c1nc(C)c(C(C)C)c(Cl)n1. The maximum atomic E-state index is 6.25. The maximum absolute atomic E-state index is 6.25. The Morgan fingerprint density at radius 1 is 1.06 bits per heavy atom. The summed E-state index contributed by atoms with van der Waals surface area (Å²) >= 11 is 6.25. The van der Waals surface area contributed by atoms with Crippen molar-refractivity contribution in [2.75, 3.05) is 0 Å². The fourth-order valence-corrected chi connectivity index (χ4v) is 2.55. The number of aryl methyl sites for hydroxylation is 3. The summed E-state index contributed by atoms with van der Waals surface area (Å²) in [6.07, 6.45) is 0. The molecule has 0 aliphatic carbocycles. The van der Waals surface area contributed by atoms with Gasteiger partial charge in [0.15, 0.2) is 5.82 Å². The van der Waals surface area contributed by atoms with Crippen molar-refractivity contribution < 1.29 is 4.52 Å². The first-order chi connectivity index (χ1) is 8.41. The van der Waals surface area contributed by atoms with Crippen LogP contribution in [0, 0.1) is 20.8 Å². The first-order valence-electron chi connectivity index (χ1n) is 5.89. The third-order valence-corrected chi connectivity index (χ3v) is 3.21. The van der Waals surface area contributed by atoms with Crippen LogP contribution in [0.4, 0.5) is 0 Å². The minimum Gasteiger partial charge on any atom is -0.361 e. The number of aromatic nitrogens is 3. The van der Waals surface area contributed by atoms with Crippen molar-refractivity contribution in [2.45, 2.75) is 40.5 Å². The molecule has 4 nitrogen and oxygen atoms in total. The molecule has 0 saturated carbocycles. The van der Waals surface area contributed by atoms with Crippen molar-refractivity contribution in [3.8, 4) is 11.4 Å². The Hall–Kier alpha value is -1.42. The van der Waals surface area contributed by atoms with E-state index in [0.29, 0.717) is 22.7 Å². The highest BCUT2D eigenvalue weighted by molar-refractivity contribution is 6.30. The lowest BCUT2D eigenvalue weighted by atomic mass is 10.0. The van der Waals surface area contributed by atoms with Crippen LogP contribution in [0.3, 0.4) is 0 Å². The molecule has 0 amide bonds. The summed E-state index contributed by atoms with van der Waals surface area (Å²) in [7, 11) is 0. The number of rotatable bonds is 2. The average Bonchev–Trinajstić information content (AvgIpc) is 2.56. The van der Waals surface area contributed by atoms with E-state index in [-0.39, 0.29) is 0 Å². The molecule has 0 atom stereocenters. The van der Waals surface area contributed by atoms with E-state index in [4.69, 9.17) is 16.1 Å². The topological polar surface area (TPSA) is 51.8 Å². The molecule has 2 heterocycles. The van der Waals surface area contributed by atoms with E-state index in [1.54, 1.807) is 0 Å². The van der Waals surface area contributed by atoms with Crippen molar-refractivity contribution in [3.05, 3.63) is 27.9 Å². The molecule has 5 heteroatoms. The predicted octanol–water partition coefficient (Wildman–Crippen LogP) is 3.83. The van der Waals surface area contributed by atoms with Gasteiger partial charge in [0, 0.05) is 11.3 Å². The Morgan fingerprint density at radius 3 is 2.17 bits per heavy atom. The number of halogens is 1. The van der Waals surface area contributed by atoms with Gasteiger partial charge in [-0.1, -0.05) is 30.6 Å². The largest absolute Gasteiger partial charge is 0.361 e. The zero-order chi connectivity index (χ0) is 13.4. The van der Waals surface area contributed by atoms with Gasteiger partial charge in [0.1, 0.15) is 10.9 Å². The first-order valence-corrected chi connectivity index (χ1v) is 6.27. The molecule has 0 unspecified atom stereocenters. The van der Waals surface area contributed by atoms with Crippen LogP contribution in [0.2, 0.25) is 5.15 Å². The summed E-state index contributed by atoms with van der Waals surface area (Å²) < 4.78 is 5.13. The molecule has 96 valence electrons. The van der Waals surface area contributed by atoms with Crippen LogP contribution in [-0.4, -0.2) is 15.1 Å². The summed E-state index contributed by atoms with van der Waals surface area (Å²) in [6, 6.07) is 0. The fourth-order valence-electron chi connectivity index (χ4n) is 2.12. The van der Waals surface area contributed by atoms with Crippen LogP contribution in [0.15, 0.2) is 4.52 Å². The average molecular weight is 266 g/mol. The van der Waals surface area contributed by atoms with Gasteiger partial charge in [-0.05, 0) is 26.7 Å². The second-order valence-corrected chi connectivity index (χ2v) is 5.05. The normalized spacial score (nSPS) is 11.3. The molecule has 0 saturated heterocycles. The maximum Gasteiger partial charge on any atom is 0.166 e. The smallest absolute Gasteiger partial charge is 0.166 e. The van der Waals surface area contributed by atoms with Gasteiger partial charge in [0.25, 0.3) is 0 Å². The molecule has 0 radical (unpaired) electrons. The van der Waals surface area contributed by atoms with Gasteiger partial charge in [-0.15, -0.1) is 0 Å².